The van der Waals surface area contributed by atoms with Gasteiger partial charge in [-0.15, -0.1) is 11.3 Å². The zero-order chi connectivity index (χ0) is 17.6. The molecule has 0 saturated heterocycles. The maximum atomic E-state index is 12.7. The molecule has 25 heavy (non-hydrogen) atoms. The Kier molecular flexibility index (Phi) is 6.39. The number of rotatable bonds is 8. The van der Waals surface area contributed by atoms with Crippen LogP contribution in [0.3, 0.4) is 0 Å². The van der Waals surface area contributed by atoms with Crippen molar-refractivity contribution >= 4 is 11.3 Å². The minimum absolute atomic E-state index is 0.0121. The topological polar surface area (TPSA) is 24.5 Å². The fraction of sp³-hybridized carbons (Fsp3) is 0.474. The summed E-state index contributed by atoms with van der Waals surface area (Å²) in [5.74, 6) is 0.892. The molecular weight excluding hydrogens is 342 g/mol. The molecule has 3 nitrogen and oxygen atoms in total. The quantitative estimate of drug-likeness (QED) is 0.761. The maximum Gasteiger partial charge on any atom is 0.251 e. The zero-order valence-electron chi connectivity index (χ0n) is 14.4. The van der Waals surface area contributed by atoms with Gasteiger partial charge >= 0.3 is 0 Å². The standard InChI is InChI=1S/C19H24F2N2OS/c1-22-9-7-17(18-6-3-11-25-18)24-16-5-2-4-14-12-23(13-19(20)21)10-8-15(14)16/h2-6,11,17,19,22H,7-10,12-13H2,1H3. The molecule has 2 aromatic rings. The molecule has 1 aromatic carbocycles. The van der Waals surface area contributed by atoms with Gasteiger partial charge in [-0.25, -0.2) is 8.78 Å². The van der Waals surface area contributed by atoms with Gasteiger partial charge in [0.1, 0.15) is 11.9 Å². The second-order valence-electron chi connectivity index (χ2n) is 6.28. The molecule has 0 fully saturated rings. The minimum Gasteiger partial charge on any atom is -0.485 e. The van der Waals surface area contributed by atoms with E-state index in [2.05, 4.69) is 16.8 Å². The molecule has 3 rings (SSSR count). The largest absolute Gasteiger partial charge is 0.485 e. The summed E-state index contributed by atoms with van der Waals surface area (Å²) >= 11 is 1.70. The normalized spacial score (nSPS) is 16.0. The van der Waals surface area contributed by atoms with E-state index in [0.717, 1.165) is 30.7 Å². The van der Waals surface area contributed by atoms with Crippen molar-refractivity contribution < 1.29 is 13.5 Å². The van der Waals surface area contributed by atoms with Crippen molar-refractivity contribution in [3.05, 3.63) is 51.7 Å². The summed E-state index contributed by atoms with van der Waals surface area (Å²) in [6.45, 7) is 1.93. The minimum atomic E-state index is -2.29. The van der Waals surface area contributed by atoms with Crippen LogP contribution >= 0.6 is 11.3 Å². The van der Waals surface area contributed by atoms with Crippen LogP contribution < -0.4 is 10.1 Å². The highest BCUT2D eigenvalue weighted by molar-refractivity contribution is 7.10. The Morgan fingerprint density at radius 3 is 2.88 bits per heavy atom. The number of hydrogen-bond donors (Lipinski definition) is 1. The number of fused-ring (bicyclic) bond motifs is 1. The van der Waals surface area contributed by atoms with E-state index < -0.39 is 6.43 Å². The summed E-state index contributed by atoms with van der Waals surface area (Å²) < 4.78 is 31.7. The Morgan fingerprint density at radius 1 is 1.28 bits per heavy atom. The van der Waals surface area contributed by atoms with Gasteiger partial charge in [-0.2, -0.15) is 0 Å². The summed E-state index contributed by atoms with van der Waals surface area (Å²) in [5, 5.41) is 5.24. The van der Waals surface area contributed by atoms with Crippen LogP contribution in [0.15, 0.2) is 35.7 Å². The maximum absolute atomic E-state index is 12.7. The molecule has 0 spiro atoms. The molecule has 1 aromatic heterocycles. The van der Waals surface area contributed by atoms with E-state index in [0.29, 0.717) is 13.1 Å². The van der Waals surface area contributed by atoms with Gasteiger partial charge < -0.3 is 10.1 Å². The molecule has 1 aliphatic rings. The second-order valence-corrected chi connectivity index (χ2v) is 7.26. The highest BCUT2D eigenvalue weighted by Crippen LogP contribution is 2.33. The van der Waals surface area contributed by atoms with E-state index in [9.17, 15) is 8.78 Å². The first-order valence-electron chi connectivity index (χ1n) is 8.63. The Hall–Kier alpha value is -1.50. The van der Waals surface area contributed by atoms with Gasteiger partial charge in [-0.3, -0.25) is 4.90 Å². The van der Waals surface area contributed by atoms with Crippen LogP contribution in [0.5, 0.6) is 5.75 Å². The van der Waals surface area contributed by atoms with E-state index in [1.54, 1.807) is 11.3 Å². The van der Waals surface area contributed by atoms with Crippen LogP contribution in [-0.4, -0.2) is 38.0 Å². The molecule has 136 valence electrons. The summed E-state index contributed by atoms with van der Waals surface area (Å²) in [5.41, 5.74) is 2.27. The highest BCUT2D eigenvalue weighted by atomic mass is 32.1. The number of nitrogens with zero attached hydrogens (tertiary/aromatic N) is 1. The van der Waals surface area contributed by atoms with Crippen LogP contribution in [0.1, 0.15) is 28.5 Å². The molecule has 1 unspecified atom stereocenters. The van der Waals surface area contributed by atoms with Gasteiger partial charge in [0.05, 0.1) is 6.54 Å². The molecule has 0 amide bonds. The Labute approximate surface area is 151 Å². The molecule has 0 saturated carbocycles. The van der Waals surface area contributed by atoms with E-state index >= 15 is 0 Å². The highest BCUT2D eigenvalue weighted by Gasteiger charge is 2.23. The van der Waals surface area contributed by atoms with Gasteiger partial charge in [-0.1, -0.05) is 18.2 Å². The third-order valence-electron chi connectivity index (χ3n) is 4.48. The zero-order valence-corrected chi connectivity index (χ0v) is 15.2. The molecule has 0 radical (unpaired) electrons. The summed E-state index contributed by atoms with van der Waals surface area (Å²) in [6.07, 6.45) is -0.636. The number of thiophene rings is 1. The molecule has 1 aliphatic heterocycles. The van der Waals surface area contributed by atoms with Crippen LogP contribution in [0, 0.1) is 0 Å². The number of benzene rings is 1. The summed E-state index contributed by atoms with van der Waals surface area (Å²) in [4.78, 5) is 3.03. The van der Waals surface area contributed by atoms with Crippen molar-refractivity contribution in [2.24, 2.45) is 0 Å². The Bertz CT molecular complexity index is 663. The van der Waals surface area contributed by atoms with Crippen LogP contribution in [-0.2, 0) is 13.0 Å². The lowest BCUT2D eigenvalue weighted by molar-refractivity contribution is 0.0815. The molecular formula is C19H24F2N2OS. The van der Waals surface area contributed by atoms with Crippen molar-refractivity contribution in [2.45, 2.75) is 31.9 Å². The summed E-state index contributed by atoms with van der Waals surface area (Å²) in [6, 6.07) is 10.1. The van der Waals surface area contributed by atoms with Crippen LogP contribution in [0.2, 0.25) is 0 Å². The predicted octanol–water partition coefficient (Wildman–Crippen LogP) is 4.10. The van der Waals surface area contributed by atoms with Crippen LogP contribution in [0.25, 0.3) is 0 Å². The Morgan fingerprint density at radius 2 is 2.16 bits per heavy atom. The van der Waals surface area contributed by atoms with Gasteiger partial charge in [0, 0.05) is 24.4 Å². The van der Waals surface area contributed by atoms with Gasteiger partial charge in [0.15, 0.2) is 0 Å². The van der Waals surface area contributed by atoms with E-state index in [1.807, 2.05) is 36.2 Å². The first-order chi connectivity index (χ1) is 12.2. The van der Waals surface area contributed by atoms with Crippen molar-refractivity contribution in [3.63, 3.8) is 0 Å². The summed E-state index contributed by atoms with van der Waals surface area (Å²) in [7, 11) is 1.94. The predicted molar refractivity (Wildman–Crippen MR) is 97.7 cm³/mol. The fourth-order valence-electron chi connectivity index (χ4n) is 3.26. The van der Waals surface area contributed by atoms with Gasteiger partial charge in [0.2, 0.25) is 0 Å². The van der Waals surface area contributed by atoms with Crippen LogP contribution in [0.4, 0.5) is 8.78 Å². The average molecular weight is 366 g/mol. The van der Waals surface area contributed by atoms with Crippen molar-refractivity contribution in [1.29, 1.82) is 0 Å². The Balaban J connectivity index is 1.76. The molecule has 0 aliphatic carbocycles. The average Bonchev–Trinajstić information content (AvgIpc) is 3.12. The second kappa shape index (κ2) is 8.74. The molecule has 1 N–H and O–H groups in total. The monoisotopic (exact) mass is 366 g/mol. The first-order valence-corrected chi connectivity index (χ1v) is 9.51. The first kappa shape index (κ1) is 18.3. The third-order valence-corrected chi connectivity index (χ3v) is 5.45. The van der Waals surface area contributed by atoms with Crippen molar-refractivity contribution in [2.75, 3.05) is 26.7 Å². The van der Waals surface area contributed by atoms with Crippen molar-refractivity contribution in [3.8, 4) is 5.75 Å². The lowest BCUT2D eigenvalue weighted by Crippen LogP contribution is -2.34. The molecule has 6 heteroatoms. The van der Waals surface area contributed by atoms with Gasteiger partial charge in [0.25, 0.3) is 6.43 Å². The lowest BCUT2D eigenvalue weighted by atomic mass is 9.98. The van der Waals surface area contributed by atoms with E-state index in [-0.39, 0.29) is 12.6 Å². The number of hydrogen-bond acceptors (Lipinski definition) is 4. The third kappa shape index (κ3) is 4.77. The van der Waals surface area contributed by atoms with Crippen molar-refractivity contribution in [1.82, 2.24) is 10.2 Å². The van der Waals surface area contributed by atoms with E-state index in [1.165, 1.54) is 10.4 Å². The SMILES string of the molecule is CNCCC(Oc1cccc2c1CCN(CC(F)F)C2)c1cccs1. The molecule has 0 bridgehead atoms. The molecule has 2 heterocycles. The molecule has 1 atom stereocenters. The number of nitrogens with one attached hydrogen (secondary N) is 1. The smallest absolute Gasteiger partial charge is 0.251 e. The lowest BCUT2D eigenvalue weighted by Gasteiger charge is -2.30. The fourth-order valence-corrected chi connectivity index (χ4v) is 4.05. The number of halogens is 2. The van der Waals surface area contributed by atoms with Gasteiger partial charge in [-0.05, 0) is 48.7 Å². The number of ether oxygens (including phenoxy) is 1. The number of alkyl halides is 2. The van der Waals surface area contributed by atoms with E-state index in [4.69, 9.17) is 4.74 Å².